The third-order valence-electron chi connectivity index (χ3n) is 0.316. The summed E-state index contributed by atoms with van der Waals surface area (Å²) in [4.78, 5) is 0. The highest BCUT2D eigenvalue weighted by molar-refractivity contribution is 4.03. The van der Waals surface area contributed by atoms with Gasteiger partial charge in [-0.1, -0.05) is 0 Å². The van der Waals surface area contributed by atoms with Crippen LogP contribution in [0.2, 0.25) is 0 Å². The zero-order valence-corrected chi connectivity index (χ0v) is 6.42. The Morgan fingerprint density at radius 3 is 1.30 bits per heavy atom. The van der Waals surface area contributed by atoms with Gasteiger partial charge >= 0.3 is 0 Å². The fourth-order valence-corrected chi connectivity index (χ4v) is 0. The molecule has 0 aromatic carbocycles. The van der Waals surface area contributed by atoms with Gasteiger partial charge in [-0.3, -0.25) is 5.84 Å². The van der Waals surface area contributed by atoms with Crippen LogP contribution < -0.4 is 30.0 Å². The van der Waals surface area contributed by atoms with E-state index in [0.29, 0.717) is 0 Å². The van der Waals surface area contributed by atoms with E-state index in [-0.39, 0.29) is 0 Å². The predicted octanol–water partition coefficient (Wildman–Crippen LogP) is -6.55. The van der Waals surface area contributed by atoms with Crippen LogP contribution in [0.4, 0.5) is 0 Å². The summed E-state index contributed by atoms with van der Waals surface area (Å²) in [6.45, 7) is 0. The van der Waals surface area contributed by atoms with E-state index in [2.05, 4.69) is 11.4 Å². The van der Waals surface area contributed by atoms with Crippen molar-refractivity contribution in [3.05, 3.63) is 0 Å². The average Bonchev–Trinajstić information content (AvgIpc) is 1.61. The first-order valence-corrected chi connectivity index (χ1v) is 3.32. The van der Waals surface area contributed by atoms with E-state index >= 15 is 0 Å². The molecule has 0 aromatic rings. The van der Waals surface area contributed by atoms with Gasteiger partial charge in [0, 0.05) is 14.1 Å². The lowest BCUT2D eigenvalue weighted by Gasteiger charge is -2.17. The van der Waals surface area contributed by atoms with Crippen LogP contribution in [0, 0.1) is 10.2 Å². The molecule has 0 aliphatic carbocycles. The lowest BCUT2D eigenvalue weighted by molar-refractivity contribution is -2.00. The monoisotopic (exact) mass is 175 g/mol. The Kier molecular flexibility index (Phi) is 7.31. The Bertz CT molecular complexity index is 67.4. The Morgan fingerprint density at radius 1 is 1.20 bits per heavy atom. The molecule has 0 radical (unpaired) electrons. The summed E-state index contributed by atoms with van der Waals surface area (Å²) in [5.74, 6) is 3.36. The highest BCUT2D eigenvalue weighted by Gasteiger charge is 1.84. The van der Waals surface area contributed by atoms with Gasteiger partial charge in [0.05, 0.1) is 0 Å². The molecule has 0 fully saturated rings. The number of rotatable bonds is 1. The summed E-state index contributed by atoms with van der Waals surface area (Å²) in [6, 6.07) is 0. The van der Waals surface area contributed by atoms with Gasteiger partial charge in [0.15, 0.2) is 0 Å². The number of halogens is 1. The fourth-order valence-electron chi connectivity index (χ4n) is 0. The van der Waals surface area contributed by atoms with Gasteiger partial charge in [-0.15, -0.1) is 15.8 Å². The first-order chi connectivity index (χ1) is 4.27. The summed E-state index contributed by atoms with van der Waals surface area (Å²) in [5.41, 5.74) is 2.61. The van der Waals surface area contributed by atoms with Crippen LogP contribution in [0.25, 0.3) is 0 Å². The molecule has 64 valence electrons. The third-order valence-corrected chi connectivity index (χ3v) is 0.316. The molecule has 0 amide bonds. The van der Waals surface area contributed by atoms with E-state index in [4.69, 9.17) is 18.6 Å². The molecule has 0 saturated heterocycles. The van der Waals surface area contributed by atoms with Crippen molar-refractivity contribution < 1.29 is 34.7 Å². The van der Waals surface area contributed by atoms with E-state index in [9.17, 15) is 0 Å². The van der Waals surface area contributed by atoms with Gasteiger partial charge in [-0.2, -0.15) is 0 Å². The summed E-state index contributed by atoms with van der Waals surface area (Å²) >= 11 is 0. The van der Waals surface area contributed by atoms with Gasteiger partial charge in [0.25, 0.3) is 0 Å². The van der Waals surface area contributed by atoms with E-state index in [1.807, 2.05) is 14.1 Å². The van der Waals surface area contributed by atoms with Crippen molar-refractivity contribution in [1.82, 2.24) is 10.5 Å². The van der Waals surface area contributed by atoms with Crippen molar-refractivity contribution >= 4 is 0 Å². The molecule has 0 unspecified atom stereocenters. The molecule has 0 bridgehead atoms. The van der Waals surface area contributed by atoms with Crippen LogP contribution >= 0.6 is 0 Å². The molecular formula is C2H10ClN3O4. The lowest BCUT2D eigenvalue weighted by Crippen LogP contribution is -2.69. The van der Waals surface area contributed by atoms with Crippen molar-refractivity contribution in [3.63, 3.8) is 0 Å². The maximum absolute atomic E-state index is 8.49. The molecule has 4 N–H and O–H groups in total. The Balaban J connectivity index is 0. The van der Waals surface area contributed by atoms with Crippen LogP contribution in [0.5, 0.6) is 0 Å². The molecule has 10 heavy (non-hydrogen) atoms. The van der Waals surface area contributed by atoms with E-state index in [0.717, 1.165) is 0 Å². The fraction of sp³-hybridized carbons (Fsp3) is 1.00. The van der Waals surface area contributed by atoms with Crippen LogP contribution in [0.15, 0.2) is 0 Å². The van der Waals surface area contributed by atoms with Crippen molar-refractivity contribution in [2.45, 2.75) is 0 Å². The molecule has 0 saturated carbocycles. The van der Waals surface area contributed by atoms with Gasteiger partial charge in [-0.05, 0) is 0 Å². The highest BCUT2D eigenvalue weighted by Crippen LogP contribution is 1.49. The molecule has 7 nitrogen and oxygen atoms in total. The molecule has 0 aromatic heterocycles. The van der Waals surface area contributed by atoms with Gasteiger partial charge in [0.1, 0.15) is 0 Å². The molecule has 0 rings (SSSR count). The van der Waals surface area contributed by atoms with E-state index < -0.39 is 10.2 Å². The molecule has 0 atom stereocenters. The normalized spacial score (nSPS) is 10.8. The van der Waals surface area contributed by atoms with Crippen LogP contribution in [0.1, 0.15) is 0 Å². The molecule has 0 heterocycles. The zero-order valence-electron chi connectivity index (χ0n) is 5.67. The minimum absolute atomic E-state index is 1.76. The second-order valence-electron chi connectivity index (χ2n) is 1.43. The summed E-state index contributed by atoms with van der Waals surface area (Å²) in [6.07, 6.45) is 0. The number of quaternary nitrogens is 1. The van der Waals surface area contributed by atoms with Gasteiger partial charge < -0.3 is 0 Å². The number of hydrogen-bond donors (Lipinski definition) is 2. The smallest absolute Gasteiger partial charge is 0.00612 e. The van der Waals surface area contributed by atoms with Crippen molar-refractivity contribution in [3.8, 4) is 0 Å². The third kappa shape index (κ3) is 97.4. The Labute approximate surface area is 60.3 Å². The number of nitrogens with zero attached hydrogens (tertiary/aromatic N) is 1. The van der Waals surface area contributed by atoms with Crippen LogP contribution in [-0.4, -0.2) is 19.1 Å². The SMILES string of the molecule is CN(C)N[NH3+].[O-][Cl+3]([O-])([O-])[O-]. The number of nitrogens with one attached hydrogen (secondary N) is 1. The summed E-state index contributed by atoms with van der Waals surface area (Å²) in [7, 11) is -1.18. The topological polar surface area (TPSA) is 135 Å². The second-order valence-corrected chi connectivity index (χ2v) is 2.19. The number of hydrogen-bond acceptors (Lipinski definition) is 6. The molecule has 0 aliphatic heterocycles. The minimum atomic E-state index is -4.94. The summed E-state index contributed by atoms with van der Waals surface area (Å²) < 4.78 is 34.0. The Hall–Kier alpha value is 0.01000. The molecule has 0 aliphatic rings. The second kappa shape index (κ2) is 5.77. The quantitative estimate of drug-likeness (QED) is 0.381. The van der Waals surface area contributed by atoms with E-state index in [1.54, 1.807) is 5.01 Å². The van der Waals surface area contributed by atoms with Crippen LogP contribution in [0.3, 0.4) is 0 Å². The summed E-state index contributed by atoms with van der Waals surface area (Å²) in [5, 5.41) is 1.76. The largest absolute Gasteiger partial charge is 0.266 e. The number of hydrazine groups is 1. The van der Waals surface area contributed by atoms with Gasteiger partial charge in [-0.25, -0.2) is 23.6 Å². The highest BCUT2D eigenvalue weighted by atomic mass is 35.7. The van der Waals surface area contributed by atoms with E-state index in [1.165, 1.54) is 0 Å². The van der Waals surface area contributed by atoms with Crippen molar-refractivity contribution in [2.75, 3.05) is 14.1 Å². The minimum Gasteiger partial charge on any atom is -0.266 e. The standard InChI is InChI=1S/C2H9N3.ClHO4/c1-5(2)4-3;2-1(3,4)5/h4H,3H2,1-2H3;(H,2,3,4,5). The predicted molar refractivity (Wildman–Crippen MR) is 19.7 cm³/mol. The maximum atomic E-state index is 8.49. The maximum Gasteiger partial charge on any atom is 0.00612 e. The molecule has 0 spiro atoms. The average molecular weight is 176 g/mol. The molecular weight excluding hydrogens is 165 g/mol. The zero-order chi connectivity index (χ0) is 8.78. The van der Waals surface area contributed by atoms with Crippen molar-refractivity contribution in [1.29, 1.82) is 0 Å². The van der Waals surface area contributed by atoms with Gasteiger partial charge in [0.2, 0.25) is 0 Å². The first-order valence-electron chi connectivity index (χ1n) is 2.09. The van der Waals surface area contributed by atoms with Crippen LogP contribution in [-0.2, 0) is 0 Å². The Morgan fingerprint density at radius 2 is 1.30 bits per heavy atom. The molecule has 8 heteroatoms. The van der Waals surface area contributed by atoms with Crippen molar-refractivity contribution in [2.24, 2.45) is 0 Å². The first kappa shape index (κ1) is 12.7. The lowest BCUT2D eigenvalue weighted by atomic mass is 11.2.